The van der Waals surface area contributed by atoms with E-state index in [0.717, 1.165) is 6.26 Å². The van der Waals surface area contributed by atoms with Crippen molar-refractivity contribution in [3.05, 3.63) is 24.3 Å². The molecule has 3 N–H and O–H groups in total. The normalized spacial score (nSPS) is 12.5. The summed E-state index contributed by atoms with van der Waals surface area (Å²) in [5.41, 5.74) is 0. The molecule has 0 aliphatic carbocycles. The Morgan fingerprint density at radius 2 is 1.63 bits per heavy atom. The van der Waals surface area contributed by atoms with Crippen molar-refractivity contribution in [2.75, 3.05) is 19.3 Å². The number of rotatable bonds is 7. The Hall–Kier alpha value is -1.16. The van der Waals surface area contributed by atoms with Gasteiger partial charge in [0.15, 0.2) is 0 Å². The largest absolute Gasteiger partial charge is 0.507 e. The van der Waals surface area contributed by atoms with Crippen LogP contribution in [0, 0.1) is 0 Å². The smallest absolute Gasteiger partial charge is 0.244 e. The fourth-order valence-electron chi connectivity index (χ4n) is 1.31. The number of nitrogens with one attached hydrogen (secondary N) is 2. The van der Waals surface area contributed by atoms with Gasteiger partial charge >= 0.3 is 0 Å². The van der Waals surface area contributed by atoms with E-state index in [2.05, 4.69) is 9.44 Å². The summed E-state index contributed by atoms with van der Waals surface area (Å²) in [6, 6.07) is 5.58. The fraction of sp³-hybridized carbons (Fsp3) is 0.400. The van der Waals surface area contributed by atoms with Crippen LogP contribution in [0.4, 0.5) is 0 Å². The lowest BCUT2D eigenvalue weighted by Crippen LogP contribution is -2.29. The minimum Gasteiger partial charge on any atom is -0.507 e. The van der Waals surface area contributed by atoms with E-state index in [9.17, 15) is 21.9 Å². The Morgan fingerprint density at radius 1 is 1.05 bits per heavy atom. The average Bonchev–Trinajstić information content (AvgIpc) is 2.27. The third-order valence-electron chi connectivity index (χ3n) is 2.16. The van der Waals surface area contributed by atoms with Crippen LogP contribution >= 0.6 is 0 Å². The van der Waals surface area contributed by atoms with E-state index in [-0.39, 0.29) is 23.7 Å². The molecule has 1 aromatic rings. The minimum atomic E-state index is -3.78. The zero-order valence-electron chi connectivity index (χ0n) is 10.3. The molecule has 0 saturated carbocycles. The zero-order chi connectivity index (χ0) is 14.5. The van der Waals surface area contributed by atoms with Gasteiger partial charge in [0.1, 0.15) is 10.6 Å². The average molecular weight is 308 g/mol. The second-order valence-corrected chi connectivity index (χ2v) is 7.45. The molecule has 0 saturated heterocycles. The lowest BCUT2D eigenvalue weighted by molar-refractivity contribution is 0.458. The van der Waals surface area contributed by atoms with Crippen LogP contribution in [0.1, 0.15) is 6.42 Å². The number of para-hydroxylation sites is 1. The van der Waals surface area contributed by atoms with Crippen molar-refractivity contribution in [3.63, 3.8) is 0 Å². The van der Waals surface area contributed by atoms with Crippen molar-refractivity contribution in [2.24, 2.45) is 0 Å². The molecule has 0 fully saturated rings. The number of benzene rings is 1. The summed E-state index contributed by atoms with van der Waals surface area (Å²) in [7, 11) is -7.05. The molecular formula is C10H16N2O5S2. The highest BCUT2D eigenvalue weighted by atomic mass is 32.2. The Bertz CT molecular complexity index is 625. The lowest BCUT2D eigenvalue weighted by Gasteiger charge is -2.08. The maximum atomic E-state index is 11.8. The predicted molar refractivity (Wildman–Crippen MR) is 70.8 cm³/mol. The van der Waals surface area contributed by atoms with Gasteiger partial charge in [-0.2, -0.15) is 0 Å². The van der Waals surface area contributed by atoms with Gasteiger partial charge in [0, 0.05) is 13.1 Å². The van der Waals surface area contributed by atoms with Crippen molar-refractivity contribution < 1.29 is 21.9 Å². The van der Waals surface area contributed by atoms with E-state index in [1.165, 1.54) is 24.3 Å². The van der Waals surface area contributed by atoms with Gasteiger partial charge in [-0.25, -0.2) is 26.3 Å². The van der Waals surface area contributed by atoms with Crippen molar-refractivity contribution in [1.82, 2.24) is 9.44 Å². The number of aromatic hydroxyl groups is 1. The van der Waals surface area contributed by atoms with E-state index >= 15 is 0 Å². The maximum absolute atomic E-state index is 11.8. The molecule has 0 heterocycles. The standard InChI is InChI=1S/C10H16N2O5S2/c1-18(14,15)11-7-4-8-12-19(16,17)10-6-3-2-5-9(10)13/h2-3,5-6,11-13H,4,7-8H2,1H3. The van der Waals surface area contributed by atoms with Gasteiger partial charge in [-0.3, -0.25) is 0 Å². The van der Waals surface area contributed by atoms with Gasteiger partial charge in [-0.1, -0.05) is 12.1 Å². The zero-order valence-corrected chi connectivity index (χ0v) is 12.0. The molecule has 108 valence electrons. The van der Waals surface area contributed by atoms with Crippen LogP contribution < -0.4 is 9.44 Å². The molecule has 0 bridgehead atoms. The second kappa shape index (κ2) is 6.33. The van der Waals surface area contributed by atoms with Crippen LogP contribution in [0.25, 0.3) is 0 Å². The summed E-state index contributed by atoms with van der Waals surface area (Å²) in [6.45, 7) is 0.210. The third-order valence-corrected chi connectivity index (χ3v) is 4.40. The molecule has 0 unspecified atom stereocenters. The molecule has 0 spiro atoms. The Balaban J connectivity index is 2.51. The summed E-state index contributed by atoms with van der Waals surface area (Å²) >= 11 is 0. The van der Waals surface area contributed by atoms with Crippen molar-refractivity contribution in [3.8, 4) is 5.75 Å². The minimum absolute atomic E-state index is 0.0686. The molecule has 19 heavy (non-hydrogen) atoms. The summed E-state index contributed by atoms with van der Waals surface area (Å²) in [5.74, 6) is -0.329. The molecular weight excluding hydrogens is 292 g/mol. The number of sulfonamides is 2. The molecule has 0 atom stereocenters. The Labute approximate surface area is 112 Å². The summed E-state index contributed by atoms with van der Waals surface area (Å²) in [6.07, 6.45) is 1.33. The number of phenols is 1. The van der Waals surface area contributed by atoms with Crippen LogP contribution in [-0.2, 0) is 20.0 Å². The van der Waals surface area contributed by atoms with Crippen LogP contribution in [0.15, 0.2) is 29.2 Å². The molecule has 0 aromatic heterocycles. The van der Waals surface area contributed by atoms with E-state index in [1.807, 2.05) is 0 Å². The first-order chi connectivity index (χ1) is 8.72. The highest BCUT2D eigenvalue weighted by molar-refractivity contribution is 7.89. The summed E-state index contributed by atoms with van der Waals surface area (Å²) in [4.78, 5) is -0.203. The molecule has 7 nitrogen and oxygen atoms in total. The van der Waals surface area contributed by atoms with Gasteiger partial charge in [-0.05, 0) is 18.6 Å². The van der Waals surface area contributed by atoms with Crippen molar-refractivity contribution in [2.45, 2.75) is 11.3 Å². The highest BCUT2D eigenvalue weighted by Gasteiger charge is 2.16. The lowest BCUT2D eigenvalue weighted by atomic mass is 10.3. The van der Waals surface area contributed by atoms with Gasteiger partial charge in [-0.15, -0.1) is 0 Å². The van der Waals surface area contributed by atoms with Crippen LogP contribution in [0.3, 0.4) is 0 Å². The topological polar surface area (TPSA) is 113 Å². The molecule has 1 aromatic carbocycles. The first kappa shape index (κ1) is 15.9. The first-order valence-electron chi connectivity index (χ1n) is 5.45. The van der Waals surface area contributed by atoms with Crippen molar-refractivity contribution >= 4 is 20.0 Å². The quantitative estimate of drug-likeness (QED) is 0.594. The molecule has 0 aliphatic rings. The number of hydrogen-bond donors (Lipinski definition) is 3. The van der Waals surface area contributed by atoms with Gasteiger partial charge in [0.25, 0.3) is 0 Å². The fourth-order valence-corrected chi connectivity index (χ4v) is 3.00. The highest BCUT2D eigenvalue weighted by Crippen LogP contribution is 2.20. The van der Waals surface area contributed by atoms with Crippen LogP contribution in [-0.4, -0.2) is 41.3 Å². The van der Waals surface area contributed by atoms with Gasteiger partial charge in [0.2, 0.25) is 20.0 Å². The van der Waals surface area contributed by atoms with E-state index in [4.69, 9.17) is 0 Å². The van der Waals surface area contributed by atoms with Crippen molar-refractivity contribution in [1.29, 1.82) is 0 Å². The molecule has 0 aliphatic heterocycles. The Kier molecular flexibility index (Phi) is 5.29. The summed E-state index contributed by atoms with van der Waals surface area (Å²) in [5, 5.41) is 9.44. The molecule has 0 amide bonds. The monoisotopic (exact) mass is 308 g/mol. The molecule has 0 radical (unpaired) electrons. The summed E-state index contributed by atoms with van der Waals surface area (Å²) < 4.78 is 49.7. The maximum Gasteiger partial charge on any atom is 0.244 e. The first-order valence-corrected chi connectivity index (χ1v) is 8.82. The van der Waals surface area contributed by atoms with Gasteiger partial charge in [0.05, 0.1) is 6.26 Å². The van der Waals surface area contributed by atoms with Crippen LogP contribution in [0.2, 0.25) is 0 Å². The van der Waals surface area contributed by atoms with E-state index in [1.54, 1.807) is 0 Å². The van der Waals surface area contributed by atoms with E-state index < -0.39 is 20.0 Å². The van der Waals surface area contributed by atoms with E-state index in [0.29, 0.717) is 6.42 Å². The SMILES string of the molecule is CS(=O)(=O)NCCCNS(=O)(=O)c1ccccc1O. The second-order valence-electron chi connectivity index (χ2n) is 3.89. The number of phenolic OH excluding ortho intramolecular Hbond substituents is 1. The Morgan fingerprint density at radius 3 is 2.21 bits per heavy atom. The van der Waals surface area contributed by atoms with Gasteiger partial charge < -0.3 is 5.11 Å². The predicted octanol–water partition coefficient (Wildman–Crippen LogP) is -0.390. The molecule has 9 heteroatoms. The number of hydrogen-bond acceptors (Lipinski definition) is 5. The van der Waals surface area contributed by atoms with Crippen LogP contribution in [0.5, 0.6) is 5.75 Å². The molecule has 1 rings (SSSR count). The third kappa shape index (κ3) is 5.55.